The summed E-state index contributed by atoms with van der Waals surface area (Å²) >= 11 is 6.04. The third kappa shape index (κ3) is 3.05. The van der Waals surface area contributed by atoms with Gasteiger partial charge in [0.15, 0.2) is 5.82 Å². The van der Waals surface area contributed by atoms with Gasteiger partial charge in [0.1, 0.15) is 0 Å². The van der Waals surface area contributed by atoms with Crippen LogP contribution in [0.15, 0.2) is 36.7 Å². The first-order valence-electron chi connectivity index (χ1n) is 5.88. The second-order valence-electron chi connectivity index (χ2n) is 4.37. The third-order valence-electron chi connectivity index (χ3n) is 2.83. The minimum atomic E-state index is -0.650. The maximum absolute atomic E-state index is 13.5. The summed E-state index contributed by atoms with van der Waals surface area (Å²) in [6.07, 6.45) is 2.38. The molecule has 6 heteroatoms. The Morgan fingerprint density at radius 2 is 2.20 bits per heavy atom. The Morgan fingerprint density at radius 1 is 1.45 bits per heavy atom. The van der Waals surface area contributed by atoms with Crippen LogP contribution >= 0.6 is 11.6 Å². The standard InChI is InChI=1S/C14H13ClFN3O/c1-19(8-9-6-10(17)2-3-12(9)15)14(20)11-4-5-18-7-13(11)16/h2-7H,8,17H2,1H3. The van der Waals surface area contributed by atoms with Gasteiger partial charge in [-0.05, 0) is 29.8 Å². The number of nitrogens with zero attached hydrogens (tertiary/aromatic N) is 2. The predicted octanol–water partition coefficient (Wildman–Crippen LogP) is 2.73. The van der Waals surface area contributed by atoms with Gasteiger partial charge in [0, 0.05) is 30.5 Å². The van der Waals surface area contributed by atoms with Gasteiger partial charge >= 0.3 is 0 Å². The summed E-state index contributed by atoms with van der Waals surface area (Å²) in [6.45, 7) is 0.241. The lowest BCUT2D eigenvalue weighted by molar-refractivity contribution is 0.0780. The number of carbonyl (C=O) groups excluding carboxylic acids is 1. The van der Waals surface area contributed by atoms with Crippen molar-refractivity contribution in [1.82, 2.24) is 9.88 Å². The van der Waals surface area contributed by atoms with Crippen molar-refractivity contribution in [3.05, 3.63) is 58.6 Å². The van der Waals surface area contributed by atoms with Crippen LogP contribution in [0.4, 0.5) is 10.1 Å². The van der Waals surface area contributed by atoms with Gasteiger partial charge in [0.2, 0.25) is 0 Å². The Labute approximate surface area is 121 Å². The molecule has 0 aliphatic heterocycles. The van der Waals surface area contributed by atoms with Crippen LogP contribution in [0.1, 0.15) is 15.9 Å². The molecule has 104 valence electrons. The number of nitrogen functional groups attached to an aromatic ring is 1. The number of benzene rings is 1. The van der Waals surface area contributed by atoms with Gasteiger partial charge in [-0.3, -0.25) is 9.78 Å². The molecule has 0 bridgehead atoms. The molecule has 2 N–H and O–H groups in total. The molecule has 1 amide bonds. The fourth-order valence-corrected chi connectivity index (χ4v) is 1.97. The lowest BCUT2D eigenvalue weighted by atomic mass is 10.1. The van der Waals surface area contributed by atoms with E-state index in [1.807, 2.05) is 0 Å². The molecular formula is C14H13ClFN3O. The maximum atomic E-state index is 13.5. The van der Waals surface area contributed by atoms with Crippen molar-refractivity contribution in [2.24, 2.45) is 0 Å². The van der Waals surface area contributed by atoms with Crippen molar-refractivity contribution in [2.45, 2.75) is 6.54 Å². The number of amides is 1. The van der Waals surface area contributed by atoms with Crippen LogP contribution in [0.3, 0.4) is 0 Å². The summed E-state index contributed by atoms with van der Waals surface area (Å²) in [5.74, 6) is -1.09. The van der Waals surface area contributed by atoms with E-state index in [-0.39, 0.29) is 12.1 Å². The number of aromatic nitrogens is 1. The van der Waals surface area contributed by atoms with Crippen molar-refractivity contribution in [1.29, 1.82) is 0 Å². The Hall–Kier alpha value is -2.14. The maximum Gasteiger partial charge on any atom is 0.256 e. The Morgan fingerprint density at radius 3 is 2.90 bits per heavy atom. The van der Waals surface area contributed by atoms with Gasteiger partial charge in [-0.15, -0.1) is 0 Å². The van der Waals surface area contributed by atoms with Crippen LogP contribution in [0.5, 0.6) is 0 Å². The monoisotopic (exact) mass is 293 g/mol. The number of rotatable bonds is 3. The first kappa shape index (κ1) is 14.3. The average molecular weight is 294 g/mol. The molecule has 0 saturated carbocycles. The number of pyridine rings is 1. The molecular weight excluding hydrogens is 281 g/mol. The first-order valence-corrected chi connectivity index (χ1v) is 6.25. The quantitative estimate of drug-likeness (QED) is 0.885. The van der Waals surface area contributed by atoms with Gasteiger partial charge < -0.3 is 10.6 Å². The smallest absolute Gasteiger partial charge is 0.256 e. The van der Waals surface area contributed by atoms with E-state index in [1.165, 1.54) is 17.2 Å². The first-order chi connectivity index (χ1) is 9.49. The zero-order valence-corrected chi connectivity index (χ0v) is 11.6. The number of hydrogen-bond acceptors (Lipinski definition) is 3. The van der Waals surface area contributed by atoms with Crippen molar-refractivity contribution in [3.63, 3.8) is 0 Å². The molecule has 0 fully saturated rings. The lowest BCUT2D eigenvalue weighted by Crippen LogP contribution is -2.27. The number of anilines is 1. The van der Waals surface area contributed by atoms with E-state index < -0.39 is 11.7 Å². The molecule has 1 aromatic heterocycles. The zero-order chi connectivity index (χ0) is 14.7. The van der Waals surface area contributed by atoms with E-state index in [2.05, 4.69) is 4.98 Å². The van der Waals surface area contributed by atoms with E-state index >= 15 is 0 Å². The molecule has 0 aliphatic rings. The molecule has 0 atom stereocenters. The van der Waals surface area contributed by atoms with Crippen LogP contribution in [0.25, 0.3) is 0 Å². The summed E-state index contributed by atoms with van der Waals surface area (Å²) in [4.78, 5) is 17.1. The fraction of sp³-hybridized carbons (Fsp3) is 0.143. The zero-order valence-electron chi connectivity index (χ0n) is 10.8. The van der Waals surface area contributed by atoms with Crippen LogP contribution < -0.4 is 5.73 Å². The molecule has 0 aliphatic carbocycles. The molecule has 1 heterocycles. The van der Waals surface area contributed by atoms with Crippen LogP contribution in [-0.2, 0) is 6.54 Å². The number of nitrogens with two attached hydrogens (primary N) is 1. The lowest BCUT2D eigenvalue weighted by Gasteiger charge is -2.18. The summed E-state index contributed by atoms with van der Waals surface area (Å²) in [6, 6.07) is 6.37. The minimum Gasteiger partial charge on any atom is -0.399 e. The highest BCUT2D eigenvalue weighted by atomic mass is 35.5. The Bertz CT molecular complexity index is 648. The van der Waals surface area contributed by atoms with E-state index in [9.17, 15) is 9.18 Å². The highest BCUT2D eigenvalue weighted by Crippen LogP contribution is 2.21. The average Bonchev–Trinajstić information content (AvgIpc) is 2.42. The number of carbonyl (C=O) groups is 1. The van der Waals surface area contributed by atoms with E-state index in [4.69, 9.17) is 17.3 Å². The van der Waals surface area contributed by atoms with Gasteiger partial charge in [0.25, 0.3) is 5.91 Å². The van der Waals surface area contributed by atoms with Gasteiger partial charge in [-0.2, -0.15) is 0 Å². The predicted molar refractivity (Wildman–Crippen MR) is 75.9 cm³/mol. The van der Waals surface area contributed by atoms with Gasteiger partial charge in [-0.1, -0.05) is 11.6 Å². The molecule has 1 aromatic carbocycles. The van der Waals surface area contributed by atoms with Crippen molar-refractivity contribution >= 4 is 23.2 Å². The summed E-state index contributed by atoms with van der Waals surface area (Å²) < 4.78 is 13.5. The molecule has 0 saturated heterocycles. The number of halogens is 2. The third-order valence-corrected chi connectivity index (χ3v) is 3.20. The minimum absolute atomic E-state index is 0.0254. The summed E-state index contributed by atoms with van der Waals surface area (Å²) in [5.41, 5.74) is 6.92. The molecule has 0 unspecified atom stereocenters. The second kappa shape index (κ2) is 5.88. The van der Waals surface area contributed by atoms with E-state index in [0.717, 1.165) is 6.20 Å². The summed E-state index contributed by atoms with van der Waals surface area (Å²) in [5, 5.41) is 0.508. The van der Waals surface area contributed by atoms with Crippen molar-refractivity contribution in [2.75, 3.05) is 12.8 Å². The molecule has 0 radical (unpaired) electrons. The highest BCUT2D eigenvalue weighted by Gasteiger charge is 2.17. The largest absolute Gasteiger partial charge is 0.399 e. The molecule has 2 rings (SSSR count). The van der Waals surface area contributed by atoms with E-state index in [1.54, 1.807) is 25.2 Å². The van der Waals surface area contributed by atoms with Crippen LogP contribution in [-0.4, -0.2) is 22.8 Å². The molecule has 0 spiro atoms. The SMILES string of the molecule is CN(Cc1cc(N)ccc1Cl)C(=O)c1ccncc1F. The van der Waals surface area contributed by atoms with E-state index in [0.29, 0.717) is 16.3 Å². The second-order valence-corrected chi connectivity index (χ2v) is 4.77. The summed E-state index contributed by atoms with van der Waals surface area (Å²) in [7, 11) is 1.57. The van der Waals surface area contributed by atoms with Crippen LogP contribution in [0.2, 0.25) is 5.02 Å². The van der Waals surface area contributed by atoms with Crippen molar-refractivity contribution < 1.29 is 9.18 Å². The Kier molecular flexibility index (Phi) is 4.20. The van der Waals surface area contributed by atoms with Crippen LogP contribution in [0, 0.1) is 5.82 Å². The molecule has 4 nitrogen and oxygen atoms in total. The Balaban J connectivity index is 2.20. The molecule has 2 aromatic rings. The van der Waals surface area contributed by atoms with Crippen molar-refractivity contribution in [3.8, 4) is 0 Å². The highest BCUT2D eigenvalue weighted by molar-refractivity contribution is 6.31. The molecule has 20 heavy (non-hydrogen) atoms. The van der Waals surface area contributed by atoms with Gasteiger partial charge in [0.05, 0.1) is 11.8 Å². The normalized spacial score (nSPS) is 10.3. The van der Waals surface area contributed by atoms with Gasteiger partial charge in [-0.25, -0.2) is 4.39 Å². The number of hydrogen-bond donors (Lipinski definition) is 1. The fourth-order valence-electron chi connectivity index (χ4n) is 1.80. The topological polar surface area (TPSA) is 59.2 Å².